The van der Waals surface area contributed by atoms with Gasteiger partial charge in [0.15, 0.2) is 0 Å². The van der Waals surface area contributed by atoms with Crippen molar-refractivity contribution >= 4 is 98.5 Å². The van der Waals surface area contributed by atoms with Crippen LogP contribution in [0.1, 0.15) is 38.8 Å². The Bertz CT molecular complexity index is 2930. The van der Waals surface area contributed by atoms with Gasteiger partial charge in [-0.25, -0.2) is 20.0 Å². The summed E-state index contributed by atoms with van der Waals surface area (Å²) in [5.74, 6) is -0.601. The molecule has 11 rings (SSSR count). The van der Waals surface area contributed by atoms with E-state index in [-0.39, 0.29) is 32.7 Å². The molecular formula is C52H44N8O2S2. The topological polar surface area (TPSA) is 78.3 Å². The highest BCUT2D eigenvalue weighted by atomic mass is 32.1. The molecule has 0 radical (unpaired) electrons. The number of aliphatic imine (C=N–C) groups is 2. The normalized spacial score (nSPS) is 19.8. The summed E-state index contributed by atoms with van der Waals surface area (Å²) in [5, 5.41) is 8.64. The Hall–Kier alpha value is -7.28. The van der Waals surface area contributed by atoms with Crippen LogP contribution in [0.3, 0.4) is 0 Å². The van der Waals surface area contributed by atoms with Crippen molar-refractivity contribution in [1.82, 2.24) is 10.0 Å². The fourth-order valence-corrected chi connectivity index (χ4v) is 11.5. The van der Waals surface area contributed by atoms with E-state index >= 15 is 9.59 Å². The first-order valence-electron chi connectivity index (χ1n) is 21.8. The molecule has 0 spiro atoms. The predicted molar refractivity (Wildman–Crippen MR) is 270 cm³/mol. The van der Waals surface area contributed by atoms with Gasteiger partial charge in [0.05, 0.1) is 22.8 Å². The molecule has 0 saturated heterocycles. The number of Topliss-reactive ketones (excluding diaryl/α,β-unsaturated/α-hetero) is 2. The largest absolute Gasteiger partial charge is 0.348 e. The lowest BCUT2D eigenvalue weighted by Gasteiger charge is -2.33. The van der Waals surface area contributed by atoms with E-state index < -0.39 is 0 Å². The summed E-state index contributed by atoms with van der Waals surface area (Å²) in [6.07, 6.45) is 12.9. The summed E-state index contributed by atoms with van der Waals surface area (Å²) in [5.41, 5.74) is 11.7. The zero-order chi connectivity index (χ0) is 43.6. The third-order valence-corrected chi connectivity index (χ3v) is 14.5. The summed E-state index contributed by atoms with van der Waals surface area (Å²) in [7, 11) is 2.63. The van der Waals surface area contributed by atoms with Crippen molar-refractivity contribution < 1.29 is 9.59 Å². The number of rotatable bonds is 8. The third kappa shape index (κ3) is 6.11. The lowest BCUT2D eigenvalue weighted by atomic mass is 9.92. The number of fused-ring (bicyclic) bond motifs is 6. The highest BCUT2D eigenvalue weighted by molar-refractivity contribution is 8.04. The van der Waals surface area contributed by atoms with Crippen LogP contribution in [0.15, 0.2) is 179 Å². The standard InChI is InChI=1S/C52H44N8O2S2/c1-5-55-29-27-33(37-23-15-17-25-39(37)55)31-41-43-51(59(57(41)7-3)35-19-11-9-12-20-35)63-49-45(53-43)47(61)50-46(48(49)62)54-44-42(32-34-28-30-56(6-2)40-26-18-16-24-38(34)40)58(8-4)60(52(44)64-50)36-21-13-10-14-22-36/h9-32H,5-8H2,1-4H3. The number of ketones is 2. The van der Waals surface area contributed by atoms with E-state index in [0.717, 1.165) is 79.5 Å². The maximum Gasteiger partial charge on any atom is 0.225 e. The molecule has 316 valence electrons. The summed E-state index contributed by atoms with van der Waals surface area (Å²) in [6.45, 7) is 11.4. The molecule has 0 bridgehead atoms. The van der Waals surface area contributed by atoms with Crippen molar-refractivity contribution in [3.63, 3.8) is 0 Å². The minimum absolute atomic E-state index is 0.158. The Morgan fingerprint density at radius 2 is 0.891 bits per heavy atom. The van der Waals surface area contributed by atoms with E-state index in [1.165, 1.54) is 21.9 Å². The number of hydrogen-bond donors (Lipinski definition) is 0. The van der Waals surface area contributed by atoms with Crippen LogP contribution >= 0.6 is 21.9 Å². The molecule has 0 amide bonds. The summed E-state index contributed by atoms with van der Waals surface area (Å²) < 4.78 is 0. The van der Waals surface area contributed by atoms with E-state index in [4.69, 9.17) is 9.98 Å². The monoisotopic (exact) mass is 876 g/mol. The van der Waals surface area contributed by atoms with E-state index in [1.54, 1.807) is 0 Å². The summed E-state index contributed by atoms with van der Waals surface area (Å²) >= 11 is 0. The van der Waals surface area contributed by atoms with Gasteiger partial charge in [-0.05, 0) is 99.5 Å². The average molecular weight is 877 g/mol. The molecule has 0 aromatic heterocycles. The summed E-state index contributed by atoms with van der Waals surface area (Å²) in [4.78, 5) is 47.3. The number of benzene rings is 4. The van der Waals surface area contributed by atoms with Gasteiger partial charge in [-0.2, -0.15) is 0 Å². The van der Waals surface area contributed by atoms with Crippen molar-refractivity contribution in [3.05, 3.63) is 180 Å². The van der Waals surface area contributed by atoms with Crippen molar-refractivity contribution in [2.24, 2.45) is 9.98 Å². The van der Waals surface area contributed by atoms with Crippen molar-refractivity contribution in [1.29, 1.82) is 0 Å². The molecule has 4 aromatic rings. The quantitative estimate of drug-likeness (QED) is 0.163. The molecule has 0 unspecified atom stereocenters. The van der Waals surface area contributed by atoms with E-state index in [1.807, 2.05) is 36.4 Å². The van der Waals surface area contributed by atoms with Crippen LogP contribution in [0.2, 0.25) is 0 Å². The van der Waals surface area contributed by atoms with Gasteiger partial charge < -0.3 is 9.80 Å². The zero-order valence-electron chi connectivity index (χ0n) is 35.9. The number of hydrazine groups is 2. The Kier molecular flexibility index (Phi) is 9.77. The molecule has 1 saturated carbocycles. The van der Waals surface area contributed by atoms with E-state index in [9.17, 15) is 0 Å². The van der Waals surface area contributed by atoms with Gasteiger partial charge in [0.25, 0.3) is 0 Å². The number of carbonyl (C=O) groups is 2. The van der Waals surface area contributed by atoms with Crippen LogP contribution in [-0.4, -0.2) is 78.9 Å². The molecule has 7 aliphatic rings. The number of para-hydroxylation sites is 4. The van der Waals surface area contributed by atoms with Gasteiger partial charge in [-0.15, -0.1) is 21.9 Å². The van der Waals surface area contributed by atoms with Crippen LogP contribution in [0.5, 0.6) is 0 Å². The fraction of sp³-hybridized carbons (Fsp3) is 0.154. The number of allylic oxidation sites excluding steroid dienone is 6. The van der Waals surface area contributed by atoms with E-state index in [2.05, 4.69) is 167 Å². The average Bonchev–Trinajstić information content (AvgIpc) is 3.83. The van der Waals surface area contributed by atoms with Gasteiger partial charge in [0.2, 0.25) is 11.6 Å². The number of nitrogens with zero attached hydrogens (tertiary/aromatic N) is 8. The SMILES string of the molecule is CCN1C=CC(=CC2=C3N=C4C(=O)C5=S=C6C(=C(C=C7C=CN(CC)c8ccccc87)N(CC)N6c6ccccc6)N=C5C(=O)C4=S=C3N(c3ccccc3)N2CC)c2ccccc21. The van der Waals surface area contributed by atoms with Gasteiger partial charge in [0.1, 0.15) is 42.5 Å². The van der Waals surface area contributed by atoms with Gasteiger partial charge in [0, 0.05) is 61.1 Å². The van der Waals surface area contributed by atoms with Gasteiger partial charge in [-0.1, -0.05) is 72.8 Å². The number of hydrogen-bond acceptors (Lipinski definition) is 10. The molecule has 6 heterocycles. The smallest absolute Gasteiger partial charge is 0.225 e. The Morgan fingerprint density at radius 1 is 0.500 bits per heavy atom. The minimum atomic E-state index is -0.301. The van der Waals surface area contributed by atoms with Crippen molar-refractivity contribution in [2.75, 3.05) is 46.0 Å². The Morgan fingerprint density at radius 3 is 1.28 bits per heavy atom. The molecule has 4 aromatic carbocycles. The highest BCUT2D eigenvalue weighted by Crippen LogP contribution is 2.42. The van der Waals surface area contributed by atoms with Crippen molar-refractivity contribution in [3.8, 4) is 0 Å². The molecule has 10 nitrogen and oxygen atoms in total. The molecule has 1 aliphatic carbocycles. The van der Waals surface area contributed by atoms with Crippen LogP contribution < -0.4 is 19.8 Å². The molecule has 0 atom stereocenters. The lowest BCUT2D eigenvalue weighted by Crippen LogP contribution is -2.51. The maximum absolute atomic E-state index is 15.1. The molecule has 1 fully saturated rings. The predicted octanol–water partition coefficient (Wildman–Crippen LogP) is 8.93. The first-order valence-corrected chi connectivity index (χ1v) is 23.4. The zero-order valence-corrected chi connectivity index (χ0v) is 37.5. The minimum Gasteiger partial charge on any atom is -0.348 e. The van der Waals surface area contributed by atoms with Crippen LogP contribution in [0, 0.1) is 0 Å². The van der Waals surface area contributed by atoms with Crippen LogP contribution in [0.25, 0.3) is 11.1 Å². The maximum atomic E-state index is 15.1. The third-order valence-electron chi connectivity index (χ3n) is 12.2. The summed E-state index contributed by atoms with van der Waals surface area (Å²) in [6, 6.07) is 37.1. The molecule has 12 heteroatoms. The van der Waals surface area contributed by atoms with Crippen LogP contribution in [0.4, 0.5) is 22.7 Å². The van der Waals surface area contributed by atoms with Gasteiger partial charge in [-0.3, -0.25) is 19.6 Å². The number of anilines is 4. The lowest BCUT2D eigenvalue weighted by molar-refractivity contribution is -0.109. The van der Waals surface area contributed by atoms with E-state index in [0.29, 0.717) is 24.5 Å². The Balaban J connectivity index is 1.12. The molecular weight excluding hydrogens is 833 g/mol. The molecule has 6 aliphatic heterocycles. The van der Waals surface area contributed by atoms with Crippen LogP contribution in [-0.2, 0) is 9.59 Å². The van der Waals surface area contributed by atoms with Gasteiger partial charge >= 0.3 is 0 Å². The first kappa shape index (κ1) is 39.6. The fourth-order valence-electron chi connectivity index (χ4n) is 9.21. The second-order valence-electron chi connectivity index (χ2n) is 15.7. The second kappa shape index (κ2) is 15.8. The number of carbonyl (C=O) groups excluding carboxylic acids is 2. The Labute approximate surface area is 379 Å². The van der Waals surface area contributed by atoms with Crippen molar-refractivity contribution in [2.45, 2.75) is 27.7 Å². The molecule has 0 N–H and O–H groups in total. The first-order chi connectivity index (χ1) is 31.4. The highest BCUT2D eigenvalue weighted by Gasteiger charge is 2.47. The second-order valence-corrected chi connectivity index (χ2v) is 17.7. The number of likely N-dealkylation sites (N-methyl/N-ethyl adjacent to an activating group) is 2. The molecule has 64 heavy (non-hydrogen) atoms.